The average molecular weight is 572 g/mol. The smallest absolute Gasteiger partial charge is 0.416 e. The first kappa shape index (κ1) is 25.4. The third kappa shape index (κ3) is 7.07. The molecule has 0 bridgehead atoms. The molecule has 7 nitrogen and oxygen atoms in total. The van der Waals surface area contributed by atoms with Crippen LogP contribution >= 0.6 is 35.3 Å². The Labute approximate surface area is 198 Å². The van der Waals surface area contributed by atoms with Crippen LogP contribution in [-0.4, -0.2) is 35.7 Å². The highest BCUT2D eigenvalue weighted by molar-refractivity contribution is 14.1. The van der Waals surface area contributed by atoms with Gasteiger partial charge in [-0.3, -0.25) is 4.98 Å². The van der Waals surface area contributed by atoms with Crippen LogP contribution in [-0.2, 0) is 6.18 Å². The minimum absolute atomic E-state index is 0. The first-order chi connectivity index (χ1) is 14.2. The quantitative estimate of drug-likeness (QED) is 0.391. The second-order valence-electron chi connectivity index (χ2n) is 6.96. The van der Waals surface area contributed by atoms with Crippen LogP contribution in [0.1, 0.15) is 24.1 Å². The third-order valence-corrected chi connectivity index (χ3v) is 5.50. The van der Waals surface area contributed by atoms with E-state index in [1.165, 1.54) is 18.5 Å². The molecule has 0 radical (unpaired) electrons. The highest BCUT2D eigenvalue weighted by Crippen LogP contribution is 2.35. The van der Waals surface area contributed by atoms with Crippen molar-refractivity contribution in [2.45, 2.75) is 25.9 Å². The van der Waals surface area contributed by atoms with E-state index in [1.807, 2.05) is 0 Å². The number of piperidine rings is 1. The largest absolute Gasteiger partial charge is 0.491 e. The van der Waals surface area contributed by atoms with Crippen LogP contribution in [0.25, 0.3) is 0 Å². The summed E-state index contributed by atoms with van der Waals surface area (Å²) in [6.45, 7) is 3.84. The van der Waals surface area contributed by atoms with E-state index < -0.39 is 17.8 Å². The maximum absolute atomic E-state index is 13.2. The molecule has 12 heteroatoms. The summed E-state index contributed by atoms with van der Waals surface area (Å²) < 4.78 is 46.5. The predicted molar refractivity (Wildman–Crippen MR) is 122 cm³/mol. The molecule has 2 heterocycles. The highest BCUT2D eigenvalue weighted by Gasteiger charge is 2.32. The highest BCUT2D eigenvalue weighted by atomic mass is 127. The van der Waals surface area contributed by atoms with E-state index >= 15 is 0 Å². The van der Waals surface area contributed by atoms with Crippen molar-refractivity contribution >= 4 is 52.8 Å². The van der Waals surface area contributed by atoms with Crippen LogP contribution in [0.4, 0.5) is 29.5 Å². The molecule has 1 saturated heterocycles. The van der Waals surface area contributed by atoms with Gasteiger partial charge in [-0.25, -0.2) is 12.9 Å². The number of anilines is 2. The lowest BCUT2D eigenvalue weighted by Crippen LogP contribution is -2.33. The average Bonchev–Trinajstić information content (AvgIpc) is 2.73. The van der Waals surface area contributed by atoms with Crippen molar-refractivity contribution in [2.75, 3.05) is 28.1 Å². The maximum atomic E-state index is 13.2. The molecular weight excluding hydrogens is 550 g/mol. The fraction of sp³-hybridized carbons (Fsp3) is 0.421. The van der Waals surface area contributed by atoms with E-state index in [0.29, 0.717) is 12.3 Å². The van der Waals surface area contributed by atoms with Crippen LogP contribution in [0.5, 0.6) is 5.75 Å². The Morgan fingerprint density at radius 3 is 2.74 bits per heavy atom. The minimum atomic E-state index is -4.54. The van der Waals surface area contributed by atoms with Crippen molar-refractivity contribution < 1.29 is 22.7 Å². The van der Waals surface area contributed by atoms with Crippen LogP contribution < -0.4 is 18.5 Å². The fourth-order valence-corrected chi connectivity index (χ4v) is 3.33. The first-order valence-corrected chi connectivity index (χ1v) is 10.3. The van der Waals surface area contributed by atoms with Crippen molar-refractivity contribution in [3.05, 3.63) is 41.9 Å². The summed E-state index contributed by atoms with van der Waals surface area (Å²) in [6.07, 6.45) is 0.346. The molecule has 0 spiro atoms. The van der Waals surface area contributed by atoms with Gasteiger partial charge in [0, 0.05) is 12.5 Å². The molecule has 2 amide bonds. The molecule has 1 fully saturated rings. The van der Waals surface area contributed by atoms with Crippen molar-refractivity contribution in [3.63, 3.8) is 0 Å². The normalized spacial score (nSPS) is 16.2. The number of carbonyl (C=O) groups excluding carboxylic acids is 1. The Balaban J connectivity index is 0.00000341. The molecule has 1 atom stereocenters. The summed E-state index contributed by atoms with van der Waals surface area (Å²) in [5.41, 5.74) is -0.255. The maximum Gasteiger partial charge on any atom is 0.416 e. The van der Waals surface area contributed by atoms with E-state index in [0.717, 1.165) is 41.2 Å². The molecule has 1 aromatic carbocycles. The summed E-state index contributed by atoms with van der Waals surface area (Å²) >= 11 is 1.71. The van der Waals surface area contributed by atoms with Gasteiger partial charge in [0.05, 0.1) is 58.8 Å². The summed E-state index contributed by atoms with van der Waals surface area (Å²) in [7, 11) is 0. The second kappa shape index (κ2) is 11.1. The molecule has 0 saturated carbocycles. The molecule has 2 N–H and O–H groups in total. The monoisotopic (exact) mass is 571 g/mol. The van der Waals surface area contributed by atoms with Gasteiger partial charge in [0.1, 0.15) is 5.75 Å². The van der Waals surface area contributed by atoms with Gasteiger partial charge >= 0.3 is 12.2 Å². The predicted octanol–water partition coefficient (Wildman–Crippen LogP) is 4.99. The number of nitrogens with zero attached hydrogens (tertiary/aromatic N) is 3. The van der Waals surface area contributed by atoms with Gasteiger partial charge in [-0.1, -0.05) is 0 Å². The molecule has 1 unspecified atom stereocenters. The third-order valence-electron chi connectivity index (χ3n) is 4.57. The summed E-state index contributed by atoms with van der Waals surface area (Å²) in [5.74, 6) is 0.691. The number of aryl methyl sites for hydroxylation is 1. The number of carbonyl (C=O) groups is 1. The number of urea groups is 1. The lowest BCUT2D eigenvalue weighted by atomic mass is 10.0. The van der Waals surface area contributed by atoms with Crippen LogP contribution in [0.3, 0.4) is 0 Å². The number of amides is 2. The molecule has 170 valence electrons. The van der Waals surface area contributed by atoms with E-state index in [4.69, 9.17) is 4.74 Å². The number of ether oxygens (including phenoxy) is 1. The minimum Gasteiger partial charge on any atom is -0.491 e. The Kier molecular flexibility index (Phi) is 9.13. The van der Waals surface area contributed by atoms with E-state index in [1.54, 1.807) is 29.8 Å². The molecule has 3 rings (SSSR count). The van der Waals surface area contributed by atoms with E-state index in [2.05, 4.69) is 20.6 Å². The Morgan fingerprint density at radius 2 is 2.13 bits per heavy atom. The number of hydrogen-bond acceptors (Lipinski definition) is 5. The van der Waals surface area contributed by atoms with Gasteiger partial charge in [-0.15, -0.1) is 12.4 Å². The van der Waals surface area contributed by atoms with Crippen molar-refractivity contribution in [2.24, 2.45) is 5.92 Å². The van der Waals surface area contributed by atoms with Gasteiger partial charge in [0.15, 0.2) is 5.82 Å². The zero-order valence-corrected chi connectivity index (χ0v) is 19.6. The molecule has 31 heavy (non-hydrogen) atoms. The lowest BCUT2D eigenvalue weighted by molar-refractivity contribution is -0.137. The number of halogens is 5. The Hall–Kier alpha value is -1.86. The molecule has 1 aromatic heterocycles. The fourth-order valence-electron chi connectivity index (χ4n) is 2.96. The van der Waals surface area contributed by atoms with E-state index in [-0.39, 0.29) is 35.6 Å². The SMILES string of the molecule is Cc1cnc(N(I)C(=O)Nc2cc(C(F)(F)F)ccc2OCC2CCCNC2)cn1.Cl. The van der Waals surface area contributed by atoms with E-state index in [9.17, 15) is 18.0 Å². The molecule has 0 aliphatic carbocycles. The molecule has 2 aromatic rings. The summed E-state index contributed by atoms with van der Waals surface area (Å²) in [4.78, 5) is 20.8. The standard InChI is InChI=1S/C19H21F3IN5O2.ClH/c1-12-8-26-17(10-25-12)28(23)18(29)27-15-7-14(19(20,21)22)4-5-16(15)30-11-13-3-2-6-24-9-13;/h4-5,7-8,10,13,24H,2-3,6,9,11H2,1H3,(H,27,29);1H. The lowest BCUT2D eigenvalue weighted by Gasteiger charge is -2.24. The summed E-state index contributed by atoms with van der Waals surface area (Å²) in [6, 6.07) is 2.38. The molecule has 1 aliphatic rings. The number of benzene rings is 1. The number of alkyl halides is 3. The van der Waals surface area contributed by atoms with Crippen LogP contribution in [0.2, 0.25) is 0 Å². The zero-order chi connectivity index (χ0) is 21.7. The zero-order valence-electron chi connectivity index (χ0n) is 16.6. The topological polar surface area (TPSA) is 79.4 Å². The van der Waals surface area contributed by atoms with Crippen LogP contribution in [0, 0.1) is 12.8 Å². The van der Waals surface area contributed by atoms with Gasteiger partial charge in [0.25, 0.3) is 0 Å². The number of hydrogen-bond donors (Lipinski definition) is 2. The van der Waals surface area contributed by atoms with Gasteiger partial charge < -0.3 is 15.4 Å². The molecule has 1 aliphatic heterocycles. The second-order valence-corrected chi connectivity index (χ2v) is 7.92. The molecular formula is C19H22ClF3IN5O2. The first-order valence-electron chi connectivity index (χ1n) is 9.34. The van der Waals surface area contributed by atoms with Crippen molar-refractivity contribution in [3.8, 4) is 5.75 Å². The number of aromatic nitrogens is 2. The van der Waals surface area contributed by atoms with Crippen molar-refractivity contribution in [1.82, 2.24) is 15.3 Å². The van der Waals surface area contributed by atoms with Gasteiger partial charge in [-0.2, -0.15) is 13.2 Å². The summed E-state index contributed by atoms with van der Waals surface area (Å²) in [5, 5.41) is 5.76. The van der Waals surface area contributed by atoms with Crippen LogP contribution in [0.15, 0.2) is 30.6 Å². The van der Waals surface area contributed by atoms with Crippen molar-refractivity contribution in [1.29, 1.82) is 0 Å². The van der Waals surface area contributed by atoms with Gasteiger partial charge in [-0.05, 0) is 44.5 Å². The Bertz CT molecular complexity index is 880. The Morgan fingerprint density at radius 1 is 1.35 bits per heavy atom. The number of nitrogens with one attached hydrogen (secondary N) is 2. The van der Waals surface area contributed by atoms with Gasteiger partial charge in [0.2, 0.25) is 0 Å². The number of rotatable bonds is 5.